The first kappa shape index (κ1) is 26.1. The van der Waals surface area contributed by atoms with Crippen molar-refractivity contribution in [1.82, 2.24) is 34.7 Å². The summed E-state index contributed by atoms with van der Waals surface area (Å²) in [6.45, 7) is 10.1. The van der Waals surface area contributed by atoms with Gasteiger partial charge in [0.25, 0.3) is 0 Å². The van der Waals surface area contributed by atoms with Crippen molar-refractivity contribution < 1.29 is 10.2 Å². The summed E-state index contributed by atoms with van der Waals surface area (Å²) >= 11 is 0. The van der Waals surface area contributed by atoms with Crippen molar-refractivity contribution in [3.63, 3.8) is 0 Å². The molecule has 5 rings (SSSR count). The highest BCUT2D eigenvalue weighted by Crippen LogP contribution is 2.25. The monoisotopic (exact) mass is 519 g/mol. The minimum Gasteiger partial charge on any atom is -0.388 e. The molecule has 1 saturated heterocycles. The van der Waals surface area contributed by atoms with Crippen LogP contribution in [0.3, 0.4) is 0 Å². The number of hydrogen-bond acceptors (Lipinski definition) is 9. The molecule has 3 aromatic heterocycles. The Balaban J connectivity index is 1.43. The molecule has 0 amide bonds. The van der Waals surface area contributed by atoms with Gasteiger partial charge in [0.2, 0.25) is 11.9 Å². The van der Waals surface area contributed by atoms with Gasteiger partial charge in [0.15, 0.2) is 5.65 Å². The number of benzene rings is 1. The van der Waals surface area contributed by atoms with Crippen LogP contribution in [0.15, 0.2) is 42.7 Å². The van der Waals surface area contributed by atoms with Crippen LogP contribution in [0, 0.1) is 0 Å². The first-order chi connectivity index (χ1) is 18.1. The fourth-order valence-corrected chi connectivity index (χ4v) is 4.65. The van der Waals surface area contributed by atoms with Gasteiger partial charge in [-0.05, 0) is 63.4 Å². The van der Waals surface area contributed by atoms with Crippen LogP contribution in [0.5, 0.6) is 0 Å². The van der Waals surface area contributed by atoms with Gasteiger partial charge in [-0.3, -0.25) is 0 Å². The van der Waals surface area contributed by atoms with E-state index in [1.807, 2.05) is 42.7 Å². The summed E-state index contributed by atoms with van der Waals surface area (Å²) in [7, 11) is 0. The molecule has 1 aliphatic heterocycles. The van der Waals surface area contributed by atoms with Crippen LogP contribution in [0.4, 0.5) is 11.9 Å². The average Bonchev–Trinajstić information content (AvgIpc) is 3.55. The summed E-state index contributed by atoms with van der Waals surface area (Å²) in [4.78, 5) is 9.48. The lowest BCUT2D eigenvalue weighted by molar-refractivity contribution is 0.0230. The van der Waals surface area contributed by atoms with Gasteiger partial charge in [0.1, 0.15) is 5.60 Å². The molecular weight excluding hydrogens is 482 g/mol. The van der Waals surface area contributed by atoms with Crippen LogP contribution in [0.2, 0.25) is 0 Å². The van der Waals surface area contributed by atoms with Gasteiger partial charge >= 0.3 is 0 Å². The predicted molar refractivity (Wildman–Crippen MR) is 147 cm³/mol. The quantitative estimate of drug-likeness (QED) is 0.226. The number of piperidine rings is 1. The molecule has 1 fully saturated rings. The van der Waals surface area contributed by atoms with Crippen LogP contribution in [0.1, 0.15) is 63.3 Å². The normalized spacial score (nSPS) is 15.8. The molecule has 0 saturated carbocycles. The molecule has 0 unspecified atom stereocenters. The van der Waals surface area contributed by atoms with Crippen molar-refractivity contribution in [2.75, 3.05) is 30.3 Å². The molecule has 4 heterocycles. The number of aromatic nitrogens is 6. The molecule has 202 valence electrons. The van der Waals surface area contributed by atoms with E-state index in [4.69, 9.17) is 9.97 Å². The zero-order chi connectivity index (χ0) is 26.9. The molecule has 1 aromatic carbocycles. The molecule has 11 heteroatoms. The number of para-hydroxylation sites is 1. The van der Waals surface area contributed by atoms with Gasteiger partial charge in [-0.2, -0.15) is 24.7 Å². The van der Waals surface area contributed by atoms with E-state index in [2.05, 4.69) is 40.0 Å². The molecule has 1 aliphatic rings. The first-order valence-corrected chi connectivity index (χ1v) is 13.2. The largest absolute Gasteiger partial charge is 0.388 e. The van der Waals surface area contributed by atoms with E-state index in [0.29, 0.717) is 43.5 Å². The standard InChI is InChI=1S/C27H37N9O2/c1-18(2)20-16-31-36-23(20)32-24(30-17-27(38)10-12-28-13-11-27)33-25(36)29-15-19-7-5-6-8-21(19)35-14-9-22(34-35)26(3,4)37/h5-9,14,16,18,28,37-38H,10-13,15,17H2,1-4H3,(H2,29,30,32,33). The lowest BCUT2D eigenvalue weighted by Gasteiger charge is -2.32. The molecular formula is C27H37N9O2. The lowest BCUT2D eigenvalue weighted by atomic mass is 9.92. The van der Waals surface area contributed by atoms with E-state index >= 15 is 0 Å². The molecule has 38 heavy (non-hydrogen) atoms. The Morgan fingerprint density at radius 3 is 2.58 bits per heavy atom. The predicted octanol–water partition coefficient (Wildman–Crippen LogP) is 2.80. The Morgan fingerprint density at radius 2 is 1.87 bits per heavy atom. The molecule has 11 nitrogen and oxygen atoms in total. The smallest absolute Gasteiger partial charge is 0.229 e. The summed E-state index contributed by atoms with van der Waals surface area (Å²) in [6.07, 6.45) is 5.04. The third kappa shape index (κ3) is 5.50. The number of nitrogens with zero attached hydrogens (tertiary/aromatic N) is 6. The minimum absolute atomic E-state index is 0.238. The fourth-order valence-electron chi connectivity index (χ4n) is 4.65. The third-order valence-electron chi connectivity index (χ3n) is 7.02. The molecule has 0 atom stereocenters. The zero-order valence-electron chi connectivity index (χ0n) is 22.4. The third-order valence-corrected chi connectivity index (χ3v) is 7.02. The maximum Gasteiger partial charge on any atom is 0.229 e. The van der Waals surface area contributed by atoms with Gasteiger partial charge < -0.3 is 26.2 Å². The van der Waals surface area contributed by atoms with Crippen LogP contribution in [0.25, 0.3) is 11.3 Å². The number of anilines is 2. The van der Waals surface area contributed by atoms with Crippen molar-refractivity contribution in [3.8, 4) is 5.69 Å². The molecule has 0 aliphatic carbocycles. The van der Waals surface area contributed by atoms with Gasteiger partial charge in [-0.25, -0.2) is 4.68 Å². The van der Waals surface area contributed by atoms with E-state index in [1.165, 1.54) is 0 Å². The number of nitrogens with one attached hydrogen (secondary N) is 3. The van der Waals surface area contributed by atoms with Crippen molar-refractivity contribution in [3.05, 3.63) is 59.5 Å². The highest BCUT2D eigenvalue weighted by atomic mass is 16.3. The van der Waals surface area contributed by atoms with E-state index in [1.54, 1.807) is 23.0 Å². The Morgan fingerprint density at radius 1 is 1.11 bits per heavy atom. The van der Waals surface area contributed by atoms with E-state index in [0.717, 1.165) is 35.6 Å². The number of hydrogen-bond donors (Lipinski definition) is 5. The minimum atomic E-state index is -1.02. The topological polar surface area (TPSA) is 137 Å². The summed E-state index contributed by atoms with van der Waals surface area (Å²) in [5.41, 5.74) is 2.43. The molecule has 0 spiro atoms. The summed E-state index contributed by atoms with van der Waals surface area (Å²) in [6, 6.07) is 9.78. The number of fused-ring (bicyclic) bond motifs is 1. The van der Waals surface area contributed by atoms with Crippen molar-refractivity contribution in [1.29, 1.82) is 0 Å². The second-order valence-electron chi connectivity index (χ2n) is 10.9. The number of aliphatic hydroxyl groups is 2. The van der Waals surface area contributed by atoms with Crippen molar-refractivity contribution in [2.24, 2.45) is 0 Å². The lowest BCUT2D eigenvalue weighted by Crippen LogP contribution is -2.46. The van der Waals surface area contributed by atoms with E-state index in [-0.39, 0.29) is 5.92 Å². The highest BCUT2D eigenvalue weighted by Gasteiger charge is 2.29. The molecule has 4 aromatic rings. The van der Waals surface area contributed by atoms with Crippen molar-refractivity contribution >= 4 is 17.5 Å². The maximum absolute atomic E-state index is 10.9. The summed E-state index contributed by atoms with van der Waals surface area (Å²) < 4.78 is 3.50. The maximum atomic E-state index is 10.9. The summed E-state index contributed by atoms with van der Waals surface area (Å²) in [5, 5.41) is 40.4. The average molecular weight is 520 g/mol. The Labute approximate surface area is 222 Å². The SMILES string of the molecule is CC(C)c1cnn2c(NCc3ccccc3-n3ccc(C(C)(C)O)n3)nc(NCC3(O)CCNCC3)nc12. The Hall–Kier alpha value is -3.54. The van der Waals surface area contributed by atoms with Crippen molar-refractivity contribution in [2.45, 2.75) is 64.2 Å². The van der Waals surface area contributed by atoms with Gasteiger partial charge in [-0.15, -0.1) is 0 Å². The molecule has 0 radical (unpaired) electrons. The van der Waals surface area contributed by atoms with E-state index < -0.39 is 11.2 Å². The Kier molecular flexibility index (Phi) is 7.08. The zero-order valence-corrected chi connectivity index (χ0v) is 22.4. The first-order valence-electron chi connectivity index (χ1n) is 13.2. The number of rotatable bonds is 9. The highest BCUT2D eigenvalue weighted by molar-refractivity contribution is 5.56. The van der Waals surface area contributed by atoms with Crippen LogP contribution >= 0.6 is 0 Å². The molecule has 0 bridgehead atoms. The van der Waals surface area contributed by atoms with Gasteiger partial charge in [0.05, 0.1) is 23.2 Å². The van der Waals surface area contributed by atoms with Crippen LogP contribution in [-0.4, -0.2) is 64.8 Å². The van der Waals surface area contributed by atoms with Gasteiger partial charge in [-0.1, -0.05) is 32.0 Å². The van der Waals surface area contributed by atoms with Gasteiger partial charge in [0, 0.05) is 24.8 Å². The van der Waals surface area contributed by atoms with E-state index in [9.17, 15) is 10.2 Å². The van der Waals surface area contributed by atoms with Crippen LogP contribution in [-0.2, 0) is 12.1 Å². The fraction of sp³-hybridized carbons (Fsp3) is 0.481. The van der Waals surface area contributed by atoms with Crippen LogP contribution < -0.4 is 16.0 Å². The second kappa shape index (κ2) is 10.3. The summed E-state index contributed by atoms with van der Waals surface area (Å²) in [5.74, 6) is 1.24. The molecule has 5 N–H and O–H groups in total. The second-order valence-corrected chi connectivity index (χ2v) is 10.9. The Bertz CT molecular complexity index is 1400.